The SMILES string of the molecule is O=C(O)CCN(Cc1cccc(Br)c1)C(=O)CC1CCOCC1. The zero-order chi connectivity index (χ0) is 16.7. The van der Waals surface area contributed by atoms with Crippen LogP contribution >= 0.6 is 15.9 Å². The van der Waals surface area contributed by atoms with E-state index in [9.17, 15) is 9.59 Å². The van der Waals surface area contributed by atoms with E-state index in [4.69, 9.17) is 9.84 Å². The number of carbonyl (C=O) groups excluding carboxylic acids is 1. The molecule has 1 amide bonds. The minimum atomic E-state index is -0.886. The second-order valence-electron chi connectivity index (χ2n) is 5.85. The van der Waals surface area contributed by atoms with Crippen molar-refractivity contribution in [3.8, 4) is 0 Å². The lowest BCUT2D eigenvalue weighted by molar-refractivity contribution is -0.139. The summed E-state index contributed by atoms with van der Waals surface area (Å²) >= 11 is 3.42. The molecule has 126 valence electrons. The third-order valence-electron chi connectivity index (χ3n) is 4.01. The van der Waals surface area contributed by atoms with Gasteiger partial charge in [-0.1, -0.05) is 28.1 Å². The highest BCUT2D eigenvalue weighted by atomic mass is 79.9. The van der Waals surface area contributed by atoms with Gasteiger partial charge in [0.2, 0.25) is 5.91 Å². The Balaban J connectivity index is 1.99. The lowest BCUT2D eigenvalue weighted by atomic mass is 9.96. The number of hydrogen-bond donors (Lipinski definition) is 1. The highest BCUT2D eigenvalue weighted by Gasteiger charge is 2.22. The van der Waals surface area contributed by atoms with Crippen LogP contribution in [0.1, 0.15) is 31.2 Å². The molecule has 0 radical (unpaired) electrons. The molecule has 5 nitrogen and oxygen atoms in total. The summed E-state index contributed by atoms with van der Waals surface area (Å²) in [6.45, 7) is 2.09. The van der Waals surface area contributed by atoms with E-state index < -0.39 is 5.97 Å². The molecule has 23 heavy (non-hydrogen) atoms. The second-order valence-corrected chi connectivity index (χ2v) is 6.76. The lowest BCUT2D eigenvalue weighted by Crippen LogP contribution is -2.34. The maximum atomic E-state index is 12.6. The van der Waals surface area contributed by atoms with Crippen LogP contribution in [-0.4, -0.2) is 41.6 Å². The standard InChI is InChI=1S/C17H22BrNO4/c18-15-3-1-2-14(10-15)12-19(7-4-17(21)22)16(20)11-13-5-8-23-9-6-13/h1-3,10,13H,4-9,11-12H2,(H,21,22). The molecule has 1 aromatic carbocycles. The fraction of sp³-hybridized carbons (Fsp3) is 0.529. The lowest BCUT2D eigenvalue weighted by Gasteiger charge is -2.27. The molecule has 0 saturated carbocycles. The van der Waals surface area contributed by atoms with E-state index in [1.807, 2.05) is 24.3 Å². The zero-order valence-corrected chi connectivity index (χ0v) is 14.6. The Morgan fingerprint density at radius 2 is 2.04 bits per heavy atom. The first-order chi connectivity index (χ1) is 11.0. The predicted molar refractivity (Wildman–Crippen MR) is 90.0 cm³/mol. The van der Waals surface area contributed by atoms with Crippen LogP contribution in [0.25, 0.3) is 0 Å². The molecule has 1 N–H and O–H groups in total. The first kappa shape index (κ1) is 17.9. The van der Waals surface area contributed by atoms with Gasteiger partial charge in [-0.3, -0.25) is 9.59 Å². The van der Waals surface area contributed by atoms with Crippen molar-refractivity contribution in [2.75, 3.05) is 19.8 Å². The van der Waals surface area contributed by atoms with Gasteiger partial charge in [0.15, 0.2) is 0 Å². The van der Waals surface area contributed by atoms with Gasteiger partial charge in [-0.2, -0.15) is 0 Å². The molecule has 1 aliphatic heterocycles. The molecule has 0 unspecified atom stereocenters. The first-order valence-corrected chi connectivity index (χ1v) is 8.65. The molecule has 0 aliphatic carbocycles. The highest BCUT2D eigenvalue weighted by molar-refractivity contribution is 9.10. The maximum Gasteiger partial charge on any atom is 0.305 e. The Hall–Kier alpha value is -1.40. The van der Waals surface area contributed by atoms with Crippen molar-refractivity contribution in [3.63, 3.8) is 0 Å². The van der Waals surface area contributed by atoms with Crippen LogP contribution in [0.4, 0.5) is 0 Å². The van der Waals surface area contributed by atoms with E-state index in [0.717, 1.165) is 22.9 Å². The Labute approximate surface area is 144 Å². The summed E-state index contributed by atoms with van der Waals surface area (Å²) in [6, 6.07) is 7.74. The van der Waals surface area contributed by atoms with Crippen LogP contribution in [0.15, 0.2) is 28.7 Å². The maximum absolute atomic E-state index is 12.6. The highest BCUT2D eigenvalue weighted by Crippen LogP contribution is 2.21. The Morgan fingerprint density at radius 1 is 1.30 bits per heavy atom. The van der Waals surface area contributed by atoms with Gasteiger partial charge in [-0.25, -0.2) is 0 Å². The minimum Gasteiger partial charge on any atom is -0.481 e. The summed E-state index contributed by atoms with van der Waals surface area (Å²) < 4.78 is 6.27. The molecule has 0 aromatic heterocycles. The van der Waals surface area contributed by atoms with Crippen LogP contribution in [0, 0.1) is 5.92 Å². The average molecular weight is 384 g/mol. The van der Waals surface area contributed by atoms with Gasteiger partial charge < -0.3 is 14.7 Å². The summed E-state index contributed by atoms with van der Waals surface area (Å²) in [4.78, 5) is 25.1. The third kappa shape index (κ3) is 6.31. The van der Waals surface area contributed by atoms with E-state index in [0.29, 0.717) is 32.1 Å². The number of amides is 1. The number of aliphatic carboxylic acids is 1. The van der Waals surface area contributed by atoms with Gasteiger partial charge in [0.25, 0.3) is 0 Å². The van der Waals surface area contributed by atoms with Crippen molar-refractivity contribution in [1.82, 2.24) is 4.90 Å². The summed E-state index contributed by atoms with van der Waals surface area (Å²) in [5.74, 6) is -0.521. The molecule has 1 aromatic rings. The molecule has 0 bridgehead atoms. The van der Waals surface area contributed by atoms with Crippen molar-refractivity contribution in [2.45, 2.75) is 32.2 Å². The summed E-state index contributed by atoms with van der Waals surface area (Å²) in [6.07, 6.45) is 2.23. The number of hydrogen-bond acceptors (Lipinski definition) is 3. The monoisotopic (exact) mass is 383 g/mol. The molecule has 1 fully saturated rings. The fourth-order valence-corrected chi connectivity index (χ4v) is 3.15. The molecule has 1 aliphatic rings. The quantitative estimate of drug-likeness (QED) is 0.785. The number of carboxylic acid groups (broad SMARTS) is 1. The number of ether oxygens (including phenoxy) is 1. The first-order valence-electron chi connectivity index (χ1n) is 7.86. The van der Waals surface area contributed by atoms with E-state index in [1.54, 1.807) is 4.90 Å². The van der Waals surface area contributed by atoms with E-state index in [1.165, 1.54) is 0 Å². The molecule has 1 saturated heterocycles. The van der Waals surface area contributed by atoms with Crippen molar-refractivity contribution in [3.05, 3.63) is 34.3 Å². The summed E-state index contributed by atoms with van der Waals surface area (Å²) in [5.41, 5.74) is 0.991. The molecule has 0 atom stereocenters. The number of carboxylic acids is 1. The van der Waals surface area contributed by atoms with Crippen molar-refractivity contribution in [1.29, 1.82) is 0 Å². The molecule has 0 spiro atoms. The molecule has 6 heteroatoms. The van der Waals surface area contributed by atoms with Gasteiger partial charge in [0.05, 0.1) is 6.42 Å². The van der Waals surface area contributed by atoms with Gasteiger partial charge in [0, 0.05) is 37.2 Å². The molecular formula is C17H22BrNO4. The van der Waals surface area contributed by atoms with Crippen molar-refractivity contribution in [2.24, 2.45) is 5.92 Å². The third-order valence-corrected chi connectivity index (χ3v) is 4.51. The molecule has 2 rings (SSSR count). The van der Waals surface area contributed by atoms with E-state index >= 15 is 0 Å². The normalized spacial score (nSPS) is 15.3. The number of carbonyl (C=O) groups is 2. The second kappa shape index (κ2) is 9.03. The Morgan fingerprint density at radius 3 is 2.70 bits per heavy atom. The van der Waals surface area contributed by atoms with Gasteiger partial charge in [-0.15, -0.1) is 0 Å². The van der Waals surface area contributed by atoms with Crippen LogP contribution < -0.4 is 0 Å². The van der Waals surface area contributed by atoms with Crippen LogP contribution in [0.2, 0.25) is 0 Å². The number of halogens is 1. The van der Waals surface area contributed by atoms with E-state index in [-0.39, 0.29) is 18.9 Å². The van der Waals surface area contributed by atoms with Gasteiger partial charge >= 0.3 is 5.97 Å². The largest absolute Gasteiger partial charge is 0.481 e. The topological polar surface area (TPSA) is 66.8 Å². The molecule has 1 heterocycles. The van der Waals surface area contributed by atoms with Crippen LogP contribution in [0.5, 0.6) is 0 Å². The number of rotatable bonds is 7. The smallest absolute Gasteiger partial charge is 0.305 e. The van der Waals surface area contributed by atoms with Crippen LogP contribution in [0.3, 0.4) is 0 Å². The predicted octanol–water partition coefficient (Wildman–Crippen LogP) is 3.07. The van der Waals surface area contributed by atoms with Crippen molar-refractivity contribution >= 4 is 27.8 Å². The van der Waals surface area contributed by atoms with E-state index in [2.05, 4.69) is 15.9 Å². The summed E-state index contributed by atoms with van der Waals surface area (Å²) in [5, 5.41) is 8.91. The van der Waals surface area contributed by atoms with Gasteiger partial charge in [0.1, 0.15) is 0 Å². The van der Waals surface area contributed by atoms with Crippen LogP contribution in [-0.2, 0) is 20.9 Å². The Kier molecular flexibility index (Phi) is 7.05. The zero-order valence-electron chi connectivity index (χ0n) is 13.0. The average Bonchev–Trinajstić information content (AvgIpc) is 2.52. The summed E-state index contributed by atoms with van der Waals surface area (Å²) in [7, 11) is 0. The van der Waals surface area contributed by atoms with Gasteiger partial charge in [-0.05, 0) is 36.5 Å². The fourth-order valence-electron chi connectivity index (χ4n) is 2.70. The Bertz CT molecular complexity index is 543. The minimum absolute atomic E-state index is 0.0260. The van der Waals surface area contributed by atoms with Crippen molar-refractivity contribution < 1.29 is 19.4 Å². The molecular weight excluding hydrogens is 362 g/mol. The number of benzene rings is 1. The number of nitrogens with zero attached hydrogens (tertiary/aromatic N) is 1.